The van der Waals surface area contributed by atoms with Crippen LogP contribution in [0, 0.1) is 5.82 Å². The first-order valence-electron chi connectivity index (χ1n) is 11.3. The van der Waals surface area contributed by atoms with Crippen molar-refractivity contribution < 1.29 is 13.9 Å². The molecule has 3 rings (SSSR count). The van der Waals surface area contributed by atoms with Crippen LogP contribution in [0.4, 0.5) is 4.39 Å². The van der Waals surface area contributed by atoms with E-state index in [9.17, 15) is 9.18 Å². The number of carbonyl (C=O) groups excluding carboxylic acids is 1. The van der Waals surface area contributed by atoms with Crippen molar-refractivity contribution in [2.24, 2.45) is 0 Å². The second kappa shape index (κ2) is 12.4. The van der Waals surface area contributed by atoms with Crippen molar-refractivity contribution in [1.29, 1.82) is 0 Å². The molecule has 0 aliphatic rings. The summed E-state index contributed by atoms with van der Waals surface area (Å²) in [6.45, 7) is 9.50. The minimum atomic E-state index is -0.271. The summed E-state index contributed by atoms with van der Waals surface area (Å²) in [5.74, 6) is 0.743. The Morgan fingerprint density at radius 2 is 1.94 bits per heavy atom. The predicted molar refractivity (Wildman–Crippen MR) is 130 cm³/mol. The van der Waals surface area contributed by atoms with Gasteiger partial charge >= 0.3 is 0 Å². The standard InChI is InChI=1S/C25H31FN4O2S/c1-4-30(5-2)15-7-8-18(3)27-24(31)20-9-6-10-22(17-20)32-25-28-23(29-33-25)16-19-11-13-21(26)14-12-19/h6,9-14,17-18H,4-5,7-8,15-16H2,1-3H3,(H,27,31). The molecule has 1 atom stereocenters. The SMILES string of the molecule is CCN(CC)CCCC(C)NC(=O)c1cccc(Oc2nc(Cc3ccc(F)cc3)ns2)c1. The van der Waals surface area contributed by atoms with Crippen molar-refractivity contribution in [3.05, 3.63) is 71.3 Å². The zero-order valence-electron chi connectivity index (χ0n) is 19.4. The number of aromatic nitrogens is 2. The van der Waals surface area contributed by atoms with Gasteiger partial charge in [-0.15, -0.1) is 0 Å². The number of hydrogen-bond acceptors (Lipinski definition) is 6. The van der Waals surface area contributed by atoms with Crippen molar-refractivity contribution in [1.82, 2.24) is 19.6 Å². The van der Waals surface area contributed by atoms with Gasteiger partial charge in [-0.1, -0.05) is 32.0 Å². The largest absolute Gasteiger partial charge is 0.430 e. The lowest BCUT2D eigenvalue weighted by Crippen LogP contribution is -2.33. The summed E-state index contributed by atoms with van der Waals surface area (Å²) in [6.07, 6.45) is 2.47. The van der Waals surface area contributed by atoms with Gasteiger partial charge in [0.25, 0.3) is 11.1 Å². The molecule has 1 unspecified atom stereocenters. The van der Waals surface area contributed by atoms with Crippen molar-refractivity contribution >= 4 is 17.4 Å². The molecule has 0 bridgehead atoms. The van der Waals surface area contributed by atoms with Gasteiger partial charge in [0.2, 0.25) is 0 Å². The number of benzene rings is 2. The van der Waals surface area contributed by atoms with E-state index >= 15 is 0 Å². The fraction of sp³-hybridized carbons (Fsp3) is 0.400. The van der Waals surface area contributed by atoms with Gasteiger partial charge in [0.15, 0.2) is 5.82 Å². The number of carbonyl (C=O) groups is 1. The molecule has 0 radical (unpaired) electrons. The lowest BCUT2D eigenvalue weighted by atomic mass is 10.1. The van der Waals surface area contributed by atoms with Crippen molar-refractivity contribution in [2.45, 2.75) is 46.1 Å². The minimum absolute atomic E-state index is 0.0924. The van der Waals surface area contributed by atoms with Gasteiger partial charge in [0.1, 0.15) is 11.6 Å². The van der Waals surface area contributed by atoms with Gasteiger partial charge in [0, 0.05) is 29.6 Å². The van der Waals surface area contributed by atoms with Crippen molar-refractivity contribution in [2.75, 3.05) is 19.6 Å². The summed E-state index contributed by atoms with van der Waals surface area (Å²) in [4.78, 5) is 19.4. The molecule has 8 heteroatoms. The molecule has 176 valence electrons. The number of nitrogens with zero attached hydrogens (tertiary/aromatic N) is 3. The molecular formula is C25H31FN4O2S. The Hall–Kier alpha value is -2.84. The summed E-state index contributed by atoms with van der Waals surface area (Å²) in [7, 11) is 0. The summed E-state index contributed by atoms with van der Waals surface area (Å²) >= 11 is 1.14. The molecule has 0 fully saturated rings. The average molecular weight is 471 g/mol. The van der Waals surface area contributed by atoms with E-state index in [1.165, 1.54) is 12.1 Å². The molecule has 1 amide bonds. The van der Waals surface area contributed by atoms with Crippen LogP contribution in [-0.4, -0.2) is 45.8 Å². The van der Waals surface area contributed by atoms with E-state index < -0.39 is 0 Å². The molecule has 0 aliphatic carbocycles. The van der Waals surface area contributed by atoms with Crippen LogP contribution < -0.4 is 10.1 Å². The Morgan fingerprint density at radius 3 is 2.67 bits per heavy atom. The van der Waals surface area contributed by atoms with E-state index in [4.69, 9.17) is 4.74 Å². The monoisotopic (exact) mass is 470 g/mol. The highest BCUT2D eigenvalue weighted by atomic mass is 32.1. The van der Waals surface area contributed by atoms with E-state index in [-0.39, 0.29) is 17.8 Å². The summed E-state index contributed by atoms with van der Waals surface area (Å²) in [5.41, 5.74) is 1.46. The highest BCUT2D eigenvalue weighted by Crippen LogP contribution is 2.25. The fourth-order valence-electron chi connectivity index (χ4n) is 3.48. The second-order valence-corrected chi connectivity index (χ2v) is 8.67. The quantitative estimate of drug-likeness (QED) is 0.389. The smallest absolute Gasteiger partial charge is 0.298 e. The zero-order chi connectivity index (χ0) is 23.6. The highest BCUT2D eigenvalue weighted by Gasteiger charge is 2.13. The molecule has 0 saturated heterocycles. The maximum atomic E-state index is 13.1. The Labute approximate surface area is 199 Å². The zero-order valence-corrected chi connectivity index (χ0v) is 20.2. The maximum absolute atomic E-state index is 13.1. The van der Waals surface area contributed by atoms with Crippen LogP contribution in [0.2, 0.25) is 0 Å². The van der Waals surface area contributed by atoms with E-state index in [2.05, 4.69) is 33.4 Å². The third-order valence-electron chi connectivity index (χ3n) is 5.41. The number of rotatable bonds is 12. The van der Waals surface area contributed by atoms with Crippen LogP contribution >= 0.6 is 11.5 Å². The summed E-state index contributed by atoms with van der Waals surface area (Å²) in [5, 5.41) is 3.46. The average Bonchev–Trinajstić information content (AvgIpc) is 3.25. The van der Waals surface area contributed by atoms with Gasteiger partial charge in [-0.3, -0.25) is 4.79 Å². The molecule has 1 heterocycles. The lowest BCUT2D eigenvalue weighted by molar-refractivity contribution is 0.0937. The van der Waals surface area contributed by atoms with Crippen LogP contribution in [0.25, 0.3) is 0 Å². The molecule has 0 aliphatic heterocycles. The number of ether oxygens (including phenoxy) is 1. The minimum Gasteiger partial charge on any atom is -0.430 e. The Morgan fingerprint density at radius 1 is 1.18 bits per heavy atom. The van der Waals surface area contributed by atoms with Crippen molar-refractivity contribution in [3.8, 4) is 10.9 Å². The fourth-order valence-corrected chi connectivity index (χ4v) is 4.05. The first-order chi connectivity index (χ1) is 16.0. The summed E-state index contributed by atoms with van der Waals surface area (Å²) in [6, 6.07) is 13.4. The third-order valence-corrected chi connectivity index (χ3v) is 6.04. The van der Waals surface area contributed by atoms with Crippen LogP contribution in [0.1, 0.15) is 55.4 Å². The maximum Gasteiger partial charge on any atom is 0.298 e. The first-order valence-corrected chi connectivity index (χ1v) is 12.1. The number of hydrogen-bond donors (Lipinski definition) is 1. The Kier molecular flexibility index (Phi) is 9.33. The molecule has 33 heavy (non-hydrogen) atoms. The van der Waals surface area contributed by atoms with E-state index in [1.54, 1.807) is 36.4 Å². The molecule has 3 aromatic rings. The molecule has 1 aromatic heterocycles. The van der Waals surface area contributed by atoms with Crippen LogP contribution in [-0.2, 0) is 6.42 Å². The van der Waals surface area contributed by atoms with Gasteiger partial charge in [-0.25, -0.2) is 4.39 Å². The number of nitrogens with one attached hydrogen (secondary N) is 1. The van der Waals surface area contributed by atoms with Crippen LogP contribution in [0.15, 0.2) is 48.5 Å². The van der Waals surface area contributed by atoms with Gasteiger partial charge < -0.3 is 15.0 Å². The van der Waals surface area contributed by atoms with Crippen LogP contribution in [0.3, 0.4) is 0 Å². The number of amides is 1. The van der Waals surface area contributed by atoms with Gasteiger partial charge in [-0.2, -0.15) is 9.36 Å². The Balaban J connectivity index is 1.52. The molecule has 2 aromatic carbocycles. The van der Waals surface area contributed by atoms with Crippen molar-refractivity contribution in [3.63, 3.8) is 0 Å². The molecule has 1 N–H and O–H groups in total. The van der Waals surface area contributed by atoms with Crippen LogP contribution in [0.5, 0.6) is 10.9 Å². The number of halogens is 1. The second-order valence-electron chi connectivity index (χ2n) is 7.95. The van der Waals surface area contributed by atoms with Gasteiger partial charge in [-0.05, 0) is 75.3 Å². The van der Waals surface area contributed by atoms with Gasteiger partial charge in [0.05, 0.1) is 0 Å². The topological polar surface area (TPSA) is 67.4 Å². The van der Waals surface area contributed by atoms with E-state index in [1.807, 2.05) is 6.92 Å². The first kappa shape index (κ1) is 24.8. The predicted octanol–water partition coefficient (Wildman–Crippen LogP) is 5.30. The molecule has 0 spiro atoms. The normalized spacial score (nSPS) is 12.0. The highest BCUT2D eigenvalue weighted by molar-refractivity contribution is 7.07. The van der Waals surface area contributed by atoms with E-state index in [0.717, 1.165) is 49.6 Å². The lowest BCUT2D eigenvalue weighted by Gasteiger charge is -2.19. The molecule has 6 nitrogen and oxygen atoms in total. The third kappa shape index (κ3) is 7.91. The summed E-state index contributed by atoms with van der Waals surface area (Å²) < 4.78 is 23.2. The van der Waals surface area contributed by atoms with E-state index in [0.29, 0.717) is 28.8 Å². The molecule has 0 saturated carbocycles. The Bertz CT molecular complexity index is 1020. The molecular weight excluding hydrogens is 439 g/mol.